The van der Waals surface area contributed by atoms with Gasteiger partial charge in [0, 0.05) is 11.1 Å². The maximum absolute atomic E-state index is 11.5. The van der Waals surface area contributed by atoms with Crippen LogP contribution in [0.25, 0.3) is 0 Å². The maximum atomic E-state index is 11.5. The first-order chi connectivity index (χ1) is 7.99. The van der Waals surface area contributed by atoms with Crippen LogP contribution in [0.15, 0.2) is 6.20 Å². The van der Waals surface area contributed by atoms with E-state index in [0.29, 0.717) is 0 Å². The third-order valence-electron chi connectivity index (χ3n) is 1.85. The zero-order valence-corrected chi connectivity index (χ0v) is 11.2. The van der Waals surface area contributed by atoms with Gasteiger partial charge in [-0.05, 0) is 13.8 Å². The van der Waals surface area contributed by atoms with Gasteiger partial charge in [0.2, 0.25) is 5.91 Å². The highest BCUT2D eigenvalue weighted by molar-refractivity contribution is 8.00. The fraction of sp³-hybridized carbons (Fsp3) is 0.500. The van der Waals surface area contributed by atoms with Gasteiger partial charge in [-0.3, -0.25) is 9.59 Å². The van der Waals surface area contributed by atoms with Crippen LogP contribution in [0.5, 0.6) is 0 Å². The Bertz CT molecular complexity index is 406. The smallest absolute Gasteiger partial charge is 0.313 e. The van der Waals surface area contributed by atoms with E-state index in [1.807, 2.05) is 13.8 Å². The van der Waals surface area contributed by atoms with E-state index in [9.17, 15) is 9.59 Å². The summed E-state index contributed by atoms with van der Waals surface area (Å²) in [6.45, 7) is 3.82. The summed E-state index contributed by atoms with van der Waals surface area (Å²) in [5.74, 6) is -0.984. The molecule has 1 amide bonds. The Morgan fingerprint density at radius 3 is 2.82 bits per heavy atom. The van der Waals surface area contributed by atoms with Crippen molar-refractivity contribution in [3.8, 4) is 0 Å². The van der Waals surface area contributed by atoms with E-state index in [-0.39, 0.29) is 23.5 Å². The summed E-state index contributed by atoms with van der Waals surface area (Å²) >= 11 is 2.62. The minimum atomic E-state index is -0.911. The molecule has 17 heavy (non-hydrogen) atoms. The van der Waals surface area contributed by atoms with Crippen LogP contribution in [0.4, 0.5) is 0 Å². The highest BCUT2D eigenvalue weighted by atomic mass is 32.2. The summed E-state index contributed by atoms with van der Waals surface area (Å²) in [7, 11) is 0. The lowest BCUT2D eigenvalue weighted by atomic mass is 10.3. The summed E-state index contributed by atoms with van der Waals surface area (Å²) in [5.41, 5.74) is 0. The second-order valence-electron chi connectivity index (χ2n) is 3.48. The van der Waals surface area contributed by atoms with E-state index in [2.05, 4.69) is 10.3 Å². The summed E-state index contributed by atoms with van der Waals surface area (Å²) in [4.78, 5) is 27.0. The predicted molar refractivity (Wildman–Crippen MR) is 68.4 cm³/mol. The number of thiazole rings is 1. The van der Waals surface area contributed by atoms with E-state index in [0.717, 1.165) is 21.6 Å². The van der Waals surface area contributed by atoms with Gasteiger partial charge < -0.3 is 10.4 Å². The zero-order valence-electron chi connectivity index (χ0n) is 9.60. The third-order valence-corrected chi connectivity index (χ3v) is 3.86. The molecule has 1 heterocycles. The summed E-state index contributed by atoms with van der Waals surface area (Å²) < 4.78 is 0. The lowest BCUT2D eigenvalue weighted by Gasteiger charge is -2.10. The highest BCUT2D eigenvalue weighted by Gasteiger charge is 2.12. The quantitative estimate of drug-likeness (QED) is 0.820. The number of carbonyl (C=O) groups excluding carboxylic acids is 1. The molecule has 1 aromatic rings. The first-order valence-electron chi connectivity index (χ1n) is 5.00. The van der Waals surface area contributed by atoms with Gasteiger partial charge in [-0.25, -0.2) is 4.98 Å². The Morgan fingerprint density at radius 1 is 1.59 bits per heavy atom. The summed E-state index contributed by atoms with van der Waals surface area (Å²) in [6.07, 6.45) is 1.77. The molecule has 0 aliphatic heterocycles. The van der Waals surface area contributed by atoms with Crippen LogP contribution in [0, 0.1) is 6.92 Å². The van der Waals surface area contributed by atoms with Crippen LogP contribution in [-0.4, -0.2) is 33.5 Å². The van der Waals surface area contributed by atoms with Crippen molar-refractivity contribution in [1.29, 1.82) is 0 Å². The van der Waals surface area contributed by atoms with E-state index in [4.69, 9.17) is 5.11 Å². The number of hydrogen-bond acceptors (Lipinski definition) is 5. The summed E-state index contributed by atoms with van der Waals surface area (Å²) in [6, 6.07) is -0.133. The van der Waals surface area contributed by atoms with E-state index in [1.54, 1.807) is 6.20 Å². The lowest BCUT2D eigenvalue weighted by molar-refractivity contribution is -0.133. The molecule has 2 N–H and O–H groups in total. The molecule has 1 aromatic heterocycles. The molecular weight excluding hydrogens is 260 g/mol. The van der Waals surface area contributed by atoms with Crippen molar-refractivity contribution in [3.63, 3.8) is 0 Å². The highest BCUT2D eigenvalue weighted by Crippen LogP contribution is 2.18. The normalized spacial score (nSPS) is 12.1. The number of hydrogen-bond donors (Lipinski definition) is 2. The standard InChI is InChI=1S/C10H14N2O3S2/c1-6-3-11-10(17-6)7(2)12-8(13)4-16-5-9(14)15/h3,7H,4-5H2,1-2H3,(H,12,13)(H,14,15). The number of aryl methyl sites for hydroxylation is 1. The second kappa shape index (κ2) is 6.61. The Hall–Kier alpha value is -1.08. The number of nitrogens with one attached hydrogen (secondary N) is 1. The fourth-order valence-corrected chi connectivity index (χ4v) is 2.47. The van der Waals surface area contributed by atoms with Crippen molar-refractivity contribution in [2.45, 2.75) is 19.9 Å². The molecule has 0 saturated carbocycles. The third kappa shape index (κ3) is 5.18. The van der Waals surface area contributed by atoms with Crippen LogP contribution >= 0.6 is 23.1 Å². The number of carboxylic acids is 1. The number of aliphatic carboxylic acids is 1. The van der Waals surface area contributed by atoms with E-state index >= 15 is 0 Å². The molecule has 94 valence electrons. The molecule has 1 unspecified atom stereocenters. The van der Waals surface area contributed by atoms with E-state index < -0.39 is 5.97 Å². The van der Waals surface area contributed by atoms with Crippen LogP contribution in [0.1, 0.15) is 22.9 Å². The number of thioether (sulfide) groups is 1. The number of nitrogens with zero attached hydrogens (tertiary/aromatic N) is 1. The monoisotopic (exact) mass is 274 g/mol. The first-order valence-corrected chi connectivity index (χ1v) is 6.97. The molecule has 5 nitrogen and oxygen atoms in total. The first kappa shape index (κ1) is 14.0. The zero-order chi connectivity index (χ0) is 12.8. The lowest BCUT2D eigenvalue weighted by Crippen LogP contribution is -2.28. The van der Waals surface area contributed by atoms with Gasteiger partial charge in [-0.2, -0.15) is 0 Å². The largest absolute Gasteiger partial charge is 0.481 e. The Balaban J connectivity index is 2.33. The molecule has 0 spiro atoms. The van der Waals surface area contributed by atoms with Crippen molar-refractivity contribution < 1.29 is 14.7 Å². The van der Waals surface area contributed by atoms with Crippen molar-refractivity contribution in [1.82, 2.24) is 10.3 Å². The number of aromatic nitrogens is 1. The fourth-order valence-electron chi connectivity index (χ4n) is 1.15. The minimum absolute atomic E-state index is 0.0574. The van der Waals surface area contributed by atoms with Gasteiger partial charge in [0.15, 0.2) is 0 Å². The van der Waals surface area contributed by atoms with Gasteiger partial charge >= 0.3 is 5.97 Å². The van der Waals surface area contributed by atoms with Gasteiger partial charge in [-0.15, -0.1) is 23.1 Å². The van der Waals surface area contributed by atoms with Gasteiger partial charge in [0.1, 0.15) is 5.01 Å². The topological polar surface area (TPSA) is 79.3 Å². The van der Waals surface area contributed by atoms with Crippen molar-refractivity contribution in [2.24, 2.45) is 0 Å². The minimum Gasteiger partial charge on any atom is -0.481 e. The Kier molecular flexibility index (Phi) is 5.43. The molecule has 0 aliphatic carbocycles. The molecule has 1 rings (SSSR count). The summed E-state index contributed by atoms with van der Waals surface area (Å²) in [5, 5.41) is 12.1. The van der Waals surface area contributed by atoms with Crippen molar-refractivity contribution in [2.75, 3.05) is 11.5 Å². The second-order valence-corrected chi connectivity index (χ2v) is 5.74. The number of carbonyl (C=O) groups is 2. The van der Waals surface area contributed by atoms with Gasteiger partial charge in [0.05, 0.1) is 17.5 Å². The Labute approximate surface area is 108 Å². The molecule has 0 aliphatic rings. The van der Waals surface area contributed by atoms with Crippen LogP contribution < -0.4 is 5.32 Å². The molecule has 7 heteroatoms. The molecule has 0 fully saturated rings. The van der Waals surface area contributed by atoms with Gasteiger partial charge in [0.25, 0.3) is 0 Å². The average molecular weight is 274 g/mol. The molecule has 0 aromatic carbocycles. The molecular formula is C10H14N2O3S2. The van der Waals surface area contributed by atoms with Crippen LogP contribution in [0.3, 0.4) is 0 Å². The SMILES string of the molecule is Cc1cnc(C(C)NC(=O)CSCC(=O)O)s1. The average Bonchev–Trinajstić information content (AvgIpc) is 2.64. The van der Waals surface area contributed by atoms with E-state index in [1.165, 1.54) is 11.3 Å². The maximum Gasteiger partial charge on any atom is 0.313 e. The number of carboxylic acid groups (broad SMARTS) is 1. The number of amides is 1. The molecule has 0 radical (unpaired) electrons. The predicted octanol–water partition coefficient (Wildman–Crippen LogP) is 1.45. The van der Waals surface area contributed by atoms with Crippen LogP contribution in [-0.2, 0) is 9.59 Å². The van der Waals surface area contributed by atoms with Crippen molar-refractivity contribution >= 4 is 35.0 Å². The molecule has 0 saturated heterocycles. The molecule has 1 atom stereocenters. The van der Waals surface area contributed by atoms with Crippen molar-refractivity contribution in [3.05, 3.63) is 16.1 Å². The Morgan fingerprint density at radius 2 is 2.29 bits per heavy atom. The molecule has 0 bridgehead atoms. The van der Waals surface area contributed by atoms with Gasteiger partial charge in [-0.1, -0.05) is 0 Å². The number of rotatable bonds is 6. The van der Waals surface area contributed by atoms with Crippen LogP contribution in [0.2, 0.25) is 0 Å².